The van der Waals surface area contributed by atoms with Gasteiger partial charge < -0.3 is 10.6 Å². The van der Waals surface area contributed by atoms with E-state index in [1.54, 1.807) is 0 Å². The van der Waals surface area contributed by atoms with Gasteiger partial charge in [-0.25, -0.2) is 18.4 Å². The van der Waals surface area contributed by atoms with Gasteiger partial charge in [-0.15, -0.1) is 0 Å². The fourth-order valence-corrected chi connectivity index (χ4v) is 3.42. The third kappa shape index (κ3) is 5.42. The van der Waals surface area contributed by atoms with Gasteiger partial charge in [0, 0.05) is 48.9 Å². The van der Waals surface area contributed by atoms with E-state index in [0.717, 1.165) is 23.6 Å². The predicted octanol–water partition coefficient (Wildman–Crippen LogP) is 5.33. The Balaban J connectivity index is 1.85. The number of nitrogens with zero attached hydrogens (tertiary/aromatic N) is 3. The van der Waals surface area contributed by atoms with E-state index in [1.165, 1.54) is 0 Å². The first-order chi connectivity index (χ1) is 13.0. The minimum Gasteiger partial charge on any atom is -0.384 e. The molecule has 0 unspecified atom stereocenters. The molecule has 2 heterocycles. The van der Waals surface area contributed by atoms with Crippen molar-refractivity contribution in [3.8, 4) is 5.82 Å². The topological polar surface area (TPSA) is 54.8 Å². The second-order valence-corrected chi connectivity index (χ2v) is 9.13. The molecule has 1 aliphatic carbocycles. The molecule has 5 nitrogen and oxygen atoms in total. The van der Waals surface area contributed by atoms with Crippen molar-refractivity contribution in [2.75, 3.05) is 17.2 Å². The highest BCUT2D eigenvalue weighted by Crippen LogP contribution is 2.34. The number of hydrogen-bond acceptors (Lipinski definition) is 4. The Kier molecular flexibility index (Phi) is 5.64. The van der Waals surface area contributed by atoms with Crippen molar-refractivity contribution < 1.29 is 8.78 Å². The number of pyridine rings is 1. The first-order valence-corrected chi connectivity index (χ1v) is 9.95. The summed E-state index contributed by atoms with van der Waals surface area (Å²) < 4.78 is 28.7. The zero-order chi connectivity index (χ0) is 20.5. The zero-order valence-corrected chi connectivity index (χ0v) is 17.4. The second-order valence-electron chi connectivity index (χ2n) is 9.13. The van der Waals surface area contributed by atoms with Gasteiger partial charge >= 0.3 is 0 Å². The molecule has 0 atom stereocenters. The highest BCUT2D eigenvalue weighted by atomic mass is 19.3. The van der Waals surface area contributed by atoms with Crippen molar-refractivity contribution in [3.05, 3.63) is 29.6 Å². The molecule has 2 N–H and O–H groups in total. The van der Waals surface area contributed by atoms with E-state index in [-0.39, 0.29) is 24.3 Å². The summed E-state index contributed by atoms with van der Waals surface area (Å²) in [7, 11) is 0. The molecule has 1 saturated carbocycles. The summed E-state index contributed by atoms with van der Waals surface area (Å²) in [4.78, 5) is 4.71. The second kappa shape index (κ2) is 7.68. The van der Waals surface area contributed by atoms with Crippen molar-refractivity contribution >= 4 is 11.5 Å². The zero-order valence-electron chi connectivity index (χ0n) is 17.4. The predicted molar refractivity (Wildman–Crippen MR) is 110 cm³/mol. The van der Waals surface area contributed by atoms with Crippen LogP contribution in [0.15, 0.2) is 18.2 Å². The average molecular weight is 392 g/mol. The van der Waals surface area contributed by atoms with Gasteiger partial charge in [0.15, 0.2) is 5.82 Å². The lowest BCUT2D eigenvalue weighted by Gasteiger charge is -2.29. The third-order valence-electron chi connectivity index (χ3n) is 4.93. The number of aryl methyl sites for hydroxylation is 2. The fraction of sp³-hybridized carbons (Fsp3) is 0.619. The van der Waals surface area contributed by atoms with Crippen molar-refractivity contribution in [2.45, 2.75) is 72.3 Å². The Morgan fingerprint density at radius 1 is 1.14 bits per heavy atom. The summed E-state index contributed by atoms with van der Waals surface area (Å²) in [6, 6.07) is 5.95. The minimum atomic E-state index is -2.53. The number of halogens is 2. The number of rotatable bonds is 5. The van der Waals surface area contributed by atoms with Crippen LogP contribution >= 0.6 is 0 Å². The molecule has 0 aromatic carbocycles. The van der Waals surface area contributed by atoms with Gasteiger partial charge in [-0.3, -0.25) is 0 Å². The molecule has 0 spiro atoms. The third-order valence-corrected chi connectivity index (χ3v) is 4.93. The Labute approximate surface area is 165 Å². The molecular weight excluding hydrogens is 360 g/mol. The number of alkyl halides is 2. The lowest BCUT2D eigenvalue weighted by molar-refractivity contribution is -0.0361. The Morgan fingerprint density at radius 2 is 1.82 bits per heavy atom. The van der Waals surface area contributed by atoms with Crippen LogP contribution in [0, 0.1) is 19.3 Å². The van der Waals surface area contributed by atoms with Gasteiger partial charge in [-0.2, -0.15) is 5.10 Å². The Hall–Kier alpha value is -2.18. The lowest BCUT2D eigenvalue weighted by Crippen LogP contribution is -2.32. The van der Waals surface area contributed by atoms with Crippen LogP contribution in [0.5, 0.6) is 0 Å². The molecule has 7 heteroatoms. The van der Waals surface area contributed by atoms with Gasteiger partial charge in [-0.05, 0) is 38.2 Å². The molecule has 0 bridgehead atoms. The summed E-state index contributed by atoms with van der Waals surface area (Å²) in [6.07, 6.45) is 0.751. The molecule has 1 aliphatic rings. The van der Waals surface area contributed by atoms with E-state index in [1.807, 2.05) is 36.7 Å². The van der Waals surface area contributed by atoms with Crippen LogP contribution in [-0.4, -0.2) is 33.3 Å². The Bertz CT molecular complexity index is 813. The van der Waals surface area contributed by atoms with Crippen LogP contribution in [0.25, 0.3) is 5.82 Å². The normalized spacial score (nSPS) is 17.5. The number of nitrogens with one attached hydrogen (secondary N) is 2. The minimum absolute atomic E-state index is 0.0123. The molecule has 0 saturated heterocycles. The first kappa shape index (κ1) is 20.6. The van der Waals surface area contributed by atoms with Crippen molar-refractivity contribution in [3.63, 3.8) is 0 Å². The SMILES string of the molecule is Cc1cc(C)n(-c2cc(NCC(C)(C)C)cc(NC3CCC(F)(F)CC3)n2)n1. The molecular formula is C21H31F2N5. The molecule has 28 heavy (non-hydrogen) atoms. The van der Waals surface area contributed by atoms with Gasteiger partial charge in [0.1, 0.15) is 5.82 Å². The number of aromatic nitrogens is 3. The maximum absolute atomic E-state index is 13.5. The summed E-state index contributed by atoms with van der Waals surface area (Å²) in [5.74, 6) is -1.12. The molecule has 154 valence electrons. The molecule has 1 fully saturated rings. The van der Waals surface area contributed by atoms with E-state index in [9.17, 15) is 8.78 Å². The van der Waals surface area contributed by atoms with E-state index >= 15 is 0 Å². The average Bonchev–Trinajstić information content (AvgIpc) is 2.93. The van der Waals surface area contributed by atoms with Crippen LogP contribution in [-0.2, 0) is 0 Å². The van der Waals surface area contributed by atoms with Crippen LogP contribution in [0.3, 0.4) is 0 Å². The number of anilines is 2. The van der Waals surface area contributed by atoms with Crippen molar-refractivity contribution in [2.24, 2.45) is 5.41 Å². The van der Waals surface area contributed by atoms with Crippen molar-refractivity contribution in [1.82, 2.24) is 14.8 Å². The monoisotopic (exact) mass is 391 g/mol. The standard InChI is InChI=1S/C21H31F2N5/c1-14-10-15(2)28(27-14)19-12-17(24-13-20(3,4)5)11-18(26-19)25-16-6-8-21(22,23)9-7-16/h10-12,16H,6-9,13H2,1-5H3,(H2,24,25,26). The van der Waals surface area contributed by atoms with Crippen LogP contribution < -0.4 is 10.6 Å². The van der Waals surface area contributed by atoms with E-state index < -0.39 is 5.92 Å². The highest BCUT2D eigenvalue weighted by Gasteiger charge is 2.35. The summed E-state index contributed by atoms with van der Waals surface area (Å²) in [6.45, 7) is 11.3. The van der Waals surface area contributed by atoms with Gasteiger partial charge in [0.25, 0.3) is 0 Å². The summed E-state index contributed by atoms with van der Waals surface area (Å²) >= 11 is 0. The van der Waals surface area contributed by atoms with Crippen molar-refractivity contribution in [1.29, 1.82) is 0 Å². The molecule has 0 amide bonds. The van der Waals surface area contributed by atoms with E-state index in [2.05, 4.69) is 36.5 Å². The van der Waals surface area contributed by atoms with Gasteiger partial charge in [-0.1, -0.05) is 20.8 Å². The smallest absolute Gasteiger partial charge is 0.248 e. The number of hydrogen-bond donors (Lipinski definition) is 2. The van der Waals surface area contributed by atoms with E-state index in [0.29, 0.717) is 24.5 Å². The van der Waals surface area contributed by atoms with Crippen LogP contribution in [0.1, 0.15) is 57.8 Å². The lowest BCUT2D eigenvalue weighted by atomic mass is 9.92. The van der Waals surface area contributed by atoms with Gasteiger partial charge in [0.05, 0.1) is 5.69 Å². The van der Waals surface area contributed by atoms with E-state index in [4.69, 9.17) is 4.98 Å². The first-order valence-electron chi connectivity index (χ1n) is 9.95. The maximum atomic E-state index is 13.5. The highest BCUT2D eigenvalue weighted by molar-refractivity contribution is 5.57. The quantitative estimate of drug-likeness (QED) is 0.723. The molecule has 3 rings (SSSR count). The van der Waals surface area contributed by atoms with Gasteiger partial charge in [0.2, 0.25) is 5.92 Å². The maximum Gasteiger partial charge on any atom is 0.248 e. The summed E-state index contributed by atoms with van der Waals surface area (Å²) in [5.41, 5.74) is 3.00. The van der Waals surface area contributed by atoms with Crippen LogP contribution in [0.4, 0.5) is 20.3 Å². The molecule has 0 radical (unpaired) electrons. The van der Waals surface area contributed by atoms with Crippen LogP contribution in [0.2, 0.25) is 0 Å². The molecule has 2 aromatic rings. The molecule has 0 aliphatic heterocycles. The fourth-order valence-electron chi connectivity index (χ4n) is 3.42. The largest absolute Gasteiger partial charge is 0.384 e. The molecule has 2 aromatic heterocycles. The summed E-state index contributed by atoms with van der Waals surface area (Å²) in [5, 5.41) is 11.4. The Morgan fingerprint density at radius 3 is 2.39 bits per heavy atom.